The summed E-state index contributed by atoms with van der Waals surface area (Å²) in [6, 6.07) is 16.7. The van der Waals surface area contributed by atoms with E-state index in [0.717, 1.165) is 0 Å². The smallest absolute Gasteiger partial charge is 0.264 e. The SMILES string of the molecule is C=C[CH2-].O=S(=O)(O)O.[Na+].c1ccc2ccccc2c1. The zero-order valence-electron chi connectivity index (χ0n) is 10.7. The fraction of sp³-hybridized carbons (Fsp3) is 0. The molecule has 0 aliphatic heterocycles. The quantitative estimate of drug-likeness (QED) is 0.413. The maximum absolute atomic E-state index is 8.74. The van der Waals surface area contributed by atoms with Gasteiger partial charge in [-0.25, -0.2) is 19.6 Å². The second-order valence-electron chi connectivity index (χ2n) is 3.08. The topological polar surface area (TPSA) is 74.6 Å². The van der Waals surface area contributed by atoms with Crippen molar-refractivity contribution in [3.8, 4) is 0 Å². The fourth-order valence-corrected chi connectivity index (χ4v) is 1.13. The standard InChI is InChI=1S/C10H8.C3H5.Na.H2O4S/c1-2-6-10-8-4-3-7-9(10)5-1;1-3-2;;1-5(2,3)4/h1-8H;3H,1-2H2;;(H2,1,2,3,4)/q;-1;+1;. The molecule has 0 unspecified atom stereocenters. The minimum atomic E-state index is -4.67. The zero-order chi connectivity index (χ0) is 14.0. The van der Waals surface area contributed by atoms with Crippen LogP contribution in [0.15, 0.2) is 61.2 Å². The summed E-state index contributed by atoms with van der Waals surface area (Å²) in [5.74, 6) is 0. The second kappa shape index (κ2) is 11.0. The van der Waals surface area contributed by atoms with Crippen LogP contribution in [-0.2, 0) is 10.4 Å². The molecule has 0 aliphatic rings. The van der Waals surface area contributed by atoms with Crippen LogP contribution in [0, 0.1) is 6.92 Å². The molecule has 0 bridgehead atoms. The normalized spacial score (nSPS) is 8.95. The van der Waals surface area contributed by atoms with Crippen molar-refractivity contribution >= 4 is 21.2 Å². The van der Waals surface area contributed by atoms with E-state index >= 15 is 0 Å². The number of benzene rings is 2. The Balaban J connectivity index is 0. The van der Waals surface area contributed by atoms with Crippen LogP contribution in [0.25, 0.3) is 10.8 Å². The van der Waals surface area contributed by atoms with Crippen LogP contribution in [0.4, 0.5) is 0 Å². The molecule has 98 valence electrons. The third-order valence-electron chi connectivity index (χ3n) is 1.66. The van der Waals surface area contributed by atoms with E-state index in [1.54, 1.807) is 0 Å². The molecular formula is C13H15NaO4S. The van der Waals surface area contributed by atoms with E-state index in [0.29, 0.717) is 0 Å². The predicted molar refractivity (Wildman–Crippen MR) is 73.7 cm³/mol. The summed E-state index contributed by atoms with van der Waals surface area (Å²) in [7, 11) is -4.67. The summed E-state index contributed by atoms with van der Waals surface area (Å²) in [4.78, 5) is 0. The molecule has 2 aromatic rings. The molecule has 4 nitrogen and oxygen atoms in total. The summed E-state index contributed by atoms with van der Waals surface area (Å²) in [6.07, 6.45) is 1.50. The number of rotatable bonds is 0. The summed E-state index contributed by atoms with van der Waals surface area (Å²) in [5, 5.41) is 2.62. The summed E-state index contributed by atoms with van der Waals surface area (Å²) in [5.41, 5.74) is 0. The minimum Gasteiger partial charge on any atom is -0.264 e. The molecule has 0 saturated heterocycles. The number of fused-ring (bicyclic) bond motifs is 1. The molecule has 0 radical (unpaired) electrons. The molecule has 6 heteroatoms. The monoisotopic (exact) mass is 290 g/mol. The Morgan fingerprint density at radius 3 is 1.26 bits per heavy atom. The van der Waals surface area contributed by atoms with Crippen molar-refractivity contribution in [2.75, 3.05) is 0 Å². The third kappa shape index (κ3) is 13.4. The average Bonchev–Trinajstić information content (AvgIpc) is 2.28. The average molecular weight is 290 g/mol. The van der Waals surface area contributed by atoms with Gasteiger partial charge in [0.05, 0.1) is 0 Å². The molecular weight excluding hydrogens is 275 g/mol. The maximum atomic E-state index is 8.74. The first kappa shape index (κ1) is 20.5. The first-order valence-corrected chi connectivity index (χ1v) is 6.32. The van der Waals surface area contributed by atoms with Gasteiger partial charge >= 0.3 is 40.0 Å². The largest absolute Gasteiger partial charge is 1.00 e. The Morgan fingerprint density at radius 1 is 0.947 bits per heavy atom. The number of hydrogen-bond acceptors (Lipinski definition) is 2. The molecule has 0 heterocycles. The van der Waals surface area contributed by atoms with Gasteiger partial charge < -0.3 is 0 Å². The zero-order valence-corrected chi connectivity index (χ0v) is 13.5. The van der Waals surface area contributed by atoms with E-state index in [9.17, 15) is 0 Å². The van der Waals surface area contributed by atoms with Crippen LogP contribution in [0.3, 0.4) is 0 Å². The predicted octanol–water partition coefficient (Wildman–Crippen LogP) is 0.197. The molecule has 0 spiro atoms. The van der Waals surface area contributed by atoms with Crippen LogP contribution in [0.5, 0.6) is 0 Å². The molecule has 2 N–H and O–H groups in total. The van der Waals surface area contributed by atoms with Gasteiger partial charge in [0.2, 0.25) is 0 Å². The van der Waals surface area contributed by atoms with E-state index in [-0.39, 0.29) is 29.6 Å². The third-order valence-corrected chi connectivity index (χ3v) is 1.66. The molecule has 19 heavy (non-hydrogen) atoms. The minimum absolute atomic E-state index is 0. The molecule has 0 aliphatic carbocycles. The fourth-order valence-electron chi connectivity index (χ4n) is 1.13. The maximum Gasteiger partial charge on any atom is 1.00 e. The molecule has 2 aromatic carbocycles. The number of hydrogen-bond donors (Lipinski definition) is 2. The van der Waals surface area contributed by atoms with Gasteiger partial charge in [-0.1, -0.05) is 48.5 Å². The van der Waals surface area contributed by atoms with Gasteiger partial charge in [-0.05, 0) is 10.8 Å². The van der Waals surface area contributed by atoms with Crippen LogP contribution < -0.4 is 29.6 Å². The number of allylic oxidation sites excluding steroid dienone is 1. The van der Waals surface area contributed by atoms with Crippen LogP contribution in [0.1, 0.15) is 0 Å². The Kier molecular flexibility index (Phi) is 11.9. The van der Waals surface area contributed by atoms with Crippen LogP contribution in [-0.4, -0.2) is 17.5 Å². The van der Waals surface area contributed by atoms with E-state index < -0.39 is 10.4 Å². The van der Waals surface area contributed by atoms with Crippen molar-refractivity contribution in [3.63, 3.8) is 0 Å². The van der Waals surface area contributed by atoms with E-state index in [4.69, 9.17) is 17.5 Å². The van der Waals surface area contributed by atoms with Gasteiger partial charge in [-0.15, -0.1) is 0 Å². The van der Waals surface area contributed by atoms with Crippen molar-refractivity contribution < 1.29 is 47.1 Å². The van der Waals surface area contributed by atoms with E-state index in [1.165, 1.54) is 16.8 Å². The van der Waals surface area contributed by atoms with Gasteiger partial charge in [0.1, 0.15) is 0 Å². The first-order chi connectivity index (χ1) is 8.38. The molecule has 0 atom stereocenters. The van der Waals surface area contributed by atoms with Crippen molar-refractivity contribution in [2.24, 2.45) is 0 Å². The Hall–Kier alpha value is -0.820. The van der Waals surface area contributed by atoms with Crippen LogP contribution >= 0.6 is 0 Å². The molecule has 0 amide bonds. The van der Waals surface area contributed by atoms with Gasteiger partial charge in [-0.3, -0.25) is 9.11 Å². The van der Waals surface area contributed by atoms with Gasteiger partial charge in [-0.2, -0.15) is 8.42 Å². The van der Waals surface area contributed by atoms with Crippen molar-refractivity contribution in [1.29, 1.82) is 0 Å². The van der Waals surface area contributed by atoms with Crippen molar-refractivity contribution in [1.82, 2.24) is 0 Å². The molecule has 0 aromatic heterocycles. The Bertz CT molecular complexity index is 508. The van der Waals surface area contributed by atoms with Crippen LogP contribution in [0.2, 0.25) is 0 Å². The van der Waals surface area contributed by atoms with Gasteiger partial charge in [0, 0.05) is 0 Å². The van der Waals surface area contributed by atoms with Gasteiger partial charge in [0.15, 0.2) is 0 Å². The molecule has 0 fully saturated rings. The summed E-state index contributed by atoms with van der Waals surface area (Å²) in [6.45, 7) is 6.50. The molecule has 2 rings (SSSR count). The summed E-state index contributed by atoms with van der Waals surface area (Å²) < 4.78 is 31.6. The second-order valence-corrected chi connectivity index (χ2v) is 3.98. The van der Waals surface area contributed by atoms with Crippen molar-refractivity contribution in [2.45, 2.75) is 0 Å². The summed E-state index contributed by atoms with van der Waals surface area (Å²) >= 11 is 0. The van der Waals surface area contributed by atoms with E-state index in [1.807, 2.05) is 0 Å². The Labute approximate surface area is 136 Å². The first-order valence-electron chi connectivity index (χ1n) is 4.92. The van der Waals surface area contributed by atoms with Crippen molar-refractivity contribution in [3.05, 3.63) is 68.1 Å². The Morgan fingerprint density at radius 2 is 1.11 bits per heavy atom. The molecule has 0 saturated carbocycles. The van der Waals surface area contributed by atoms with E-state index in [2.05, 4.69) is 62.0 Å². The van der Waals surface area contributed by atoms with Gasteiger partial charge in [0.25, 0.3) is 0 Å².